The zero-order valence-electron chi connectivity index (χ0n) is 15.4. The lowest BCUT2D eigenvalue weighted by Gasteiger charge is -2.15. The van der Waals surface area contributed by atoms with Crippen LogP contribution in [0.5, 0.6) is 0 Å². The van der Waals surface area contributed by atoms with Gasteiger partial charge in [0.15, 0.2) is 9.84 Å². The first-order valence-electron chi connectivity index (χ1n) is 8.80. The van der Waals surface area contributed by atoms with Crippen LogP contribution in [0, 0.1) is 0 Å². The third-order valence-electron chi connectivity index (χ3n) is 4.53. The average Bonchev–Trinajstić information content (AvgIpc) is 3.20. The van der Waals surface area contributed by atoms with Gasteiger partial charge in [-0.1, -0.05) is 23.7 Å². The Balaban J connectivity index is 1.64. The molecule has 0 N–H and O–H groups in total. The number of rotatable bonds is 5. The number of amides is 1. The van der Waals surface area contributed by atoms with Crippen molar-refractivity contribution in [3.8, 4) is 0 Å². The highest BCUT2D eigenvalue weighted by Crippen LogP contribution is 2.23. The van der Waals surface area contributed by atoms with Crippen LogP contribution in [0.4, 0.5) is 0 Å². The zero-order chi connectivity index (χ0) is 20.3. The SMILES string of the molecule is CS(=O)(=O)c1cc(C(=O)OCc2ccc(C(=O)N3CCCC3)cc2)ccc1Cl. The van der Waals surface area contributed by atoms with Crippen molar-refractivity contribution >= 4 is 33.3 Å². The number of carbonyl (C=O) groups excluding carboxylic acids is 2. The van der Waals surface area contributed by atoms with Gasteiger partial charge >= 0.3 is 5.97 Å². The number of benzene rings is 2. The third kappa shape index (κ3) is 4.72. The minimum Gasteiger partial charge on any atom is -0.457 e. The number of nitrogens with zero attached hydrogens (tertiary/aromatic N) is 1. The zero-order valence-corrected chi connectivity index (χ0v) is 16.9. The molecule has 1 heterocycles. The highest BCUT2D eigenvalue weighted by atomic mass is 35.5. The Hall–Kier alpha value is -2.38. The van der Waals surface area contributed by atoms with E-state index in [9.17, 15) is 18.0 Å². The summed E-state index contributed by atoms with van der Waals surface area (Å²) in [5, 5.41) is 0.0531. The van der Waals surface area contributed by atoms with Gasteiger partial charge in [0, 0.05) is 24.9 Å². The fourth-order valence-electron chi connectivity index (χ4n) is 2.99. The number of halogens is 1. The van der Waals surface area contributed by atoms with Crippen molar-refractivity contribution in [2.24, 2.45) is 0 Å². The van der Waals surface area contributed by atoms with Crippen LogP contribution >= 0.6 is 11.6 Å². The molecule has 0 saturated carbocycles. The molecule has 0 radical (unpaired) electrons. The van der Waals surface area contributed by atoms with E-state index >= 15 is 0 Å². The molecule has 0 spiro atoms. The van der Waals surface area contributed by atoms with Crippen molar-refractivity contribution in [1.82, 2.24) is 4.90 Å². The lowest BCUT2D eigenvalue weighted by atomic mass is 10.1. The van der Waals surface area contributed by atoms with Crippen LogP contribution in [0.1, 0.15) is 39.1 Å². The molecule has 0 atom stereocenters. The normalized spacial score (nSPS) is 14.1. The standard InChI is InChI=1S/C20H20ClNO5S/c1-28(25,26)18-12-16(8-9-17(18)21)20(24)27-13-14-4-6-15(7-5-14)19(23)22-10-2-3-11-22/h4-9,12H,2-3,10-11,13H2,1H3. The Kier molecular flexibility index (Phi) is 6.05. The first-order chi connectivity index (χ1) is 13.3. The maximum atomic E-state index is 12.3. The number of sulfone groups is 1. The summed E-state index contributed by atoms with van der Waals surface area (Å²) in [7, 11) is -3.55. The monoisotopic (exact) mass is 421 g/mol. The minimum atomic E-state index is -3.55. The molecular weight excluding hydrogens is 402 g/mol. The van der Waals surface area contributed by atoms with Gasteiger partial charge in [0.05, 0.1) is 15.5 Å². The molecule has 28 heavy (non-hydrogen) atoms. The molecule has 6 nitrogen and oxygen atoms in total. The topological polar surface area (TPSA) is 80.7 Å². The number of ether oxygens (including phenoxy) is 1. The summed E-state index contributed by atoms with van der Waals surface area (Å²) in [6, 6.07) is 10.9. The lowest BCUT2D eigenvalue weighted by molar-refractivity contribution is 0.0472. The van der Waals surface area contributed by atoms with Crippen molar-refractivity contribution in [3.05, 3.63) is 64.2 Å². The maximum absolute atomic E-state index is 12.3. The highest BCUT2D eigenvalue weighted by molar-refractivity contribution is 7.90. The molecule has 1 aliphatic heterocycles. The molecule has 2 aromatic rings. The van der Waals surface area contributed by atoms with E-state index in [0.29, 0.717) is 5.56 Å². The van der Waals surface area contributed by atoms with Crippen molar-refractivity contribution < 1.29 is 22.7 Å². The number of hydrogen-bond donors (Lipinski definition) is 0. The predicted octanol–water partition coefficient (Wildman–Crippen LogP) is 3.34. The molecule has 8 heteroatoms. The molecule has 0 unspecified atom stereocenters. The molecular formula is C20H20ClNO5S. The van der Waals surface area contributed by atoms with Crippen molar-refractivity contribution in [1.29, 1.82) is 0 Å². The predicted molar refractivity (Wildman–Crippen MR) is 105 cm³/mol. The first-order valence-corrected chi connectivity index (χ1v) is 11.1. The maximum Gasteiger partial charge on any atom is 0.338 e. The van der Waals surface area contributed by atoms with Crippen molar-refractivity contribution in [2.75, 3.05) is 19.3 Å². The fraction of sp³-hybridized carbons (Fsp3) is 0.300. The summed E-state index contributed by atoms with van der Waals surface area (Å²) in [5.41, 5.74) is 1.43. The molecule has 1 aliphatic rings. The third-order valence-corrected chi connectivity index (χ3v) is 6.11. The van der Waals surface area contributed by atoms with Gasteiger partial charge in [-0.25, -0.2) is 13.2 Å². The van der Waals surface area contributed by atoms with Gasteiger partial charge in [-0.3, -0.25) is 4.79 Å². The fourth-order valence-corrected chi connectivity index (χ4v) is 4.29. The molecule has 3 rings (SSSR count). The summed E-state index contributed by atoms with van der Waals surface area (Å²) < 4.78 is 28.7. The molecule has 2 aromatic carbocycles. The molecule has 1 fully saturated rings. The highest BCUT2D eigenvalue weighted by Gasteiger charge is 2.19. The minimum absolute atomic E-state index is 0.00779. The Bertz CT molecular complexity index is 996. The summed E-state index contributed by atoms with van der Waals surface area (Å²) in [6.07, 6.45) is 3.09. The Morgan fingerprint density at radius 2 is 1.64 bits per heavy atom. The van der Waals surface area contributed by atoms with Gasteiger partial charge < -0.3 is 9.64 Å². The van der Waals surface area contributed by atoms with Crippen LogP contribution in [0.2, 0.25) is 5.02 Å². The van der Waals surface area contributed by atoms with E-state index in [1.807, 2.05) is 4.90 Å². The molecule has 1 amide bonds. The van der Waals surface area contributed by atoms with Crippen LogP contribution in [0.25, 0.3) is 0 Å². The second kappa shape index (κ2) is 8.32. The molecule has 148 valence electrons. The second-order valence-corrected chi connectivity index (χ2v) is 9.08. The molecule has 1 saturated heterocycles. The quantitative estimate of drug-likeness (QED) is 0.691. The van der Waals surface area contributed by atoms with Gasteiger partial charge in [-0.15, -0.1) is 0 Å². The summed E-state index contributed by atoms with van der Waals surface area (Å²) >= 11 is 5.88. The average molecular weight is 422 g/mol. The Morgan fingerprint density at radius 1 is 1.04 bits per heavy atom. The van der Waals surface area contributed by atoms with Gasteiger partial charge in [0.1, 0.15) is 6.61 Å². The van der Waals surface area contributed by atoms with Gasteiger partial charge in [-0.05, 0) is 48.7 Å². The summed E-state index contributed by atoms with van der Waals surface area (Å²) in [6.45, 7) is 1.58. The molecule has 0 aromatic heterocycles. The van der Waals surface area contributed by atoms with Gasteiger partial charge in [-0.2, -0.15) is 0 Å². The van der Waals surface area contributed by atoms with Crippen LogP contribution in [-0.4, -0.2) is 44.5 Å². The van der Waals surface area contributed by atoms with Crippen LogP contribution in [0.15, 0.2) is 47.4 Å². The smallest absolute Gasteiger partial charge is 0.338 e. The van der Waals surface area contributed by atoms with E-state index in [1.165, 1.54) is 18.2 Å². The van der Waals surface area contributed by atoms with E-state index < -0.39 is 15.8 Å². The summed E-state index contributed by atoms with van der Waals surface area (Å²) in [5.74, 6) is -0.644. The number of esters is 1. The van der Waals surface area contributed by atoms with E-state index in [1.54, 1.807) is 24.3 Å². The van der Waals surface area contributed by atoms with Crippen LogP contribution in [0.3, 0.4) is 0 Å². The van der Waals surface area contributed by atoms with E-state index in [0.717, 1.165) is 37.8 Å². The number of carbonyl (C=O) groups is 2. The summed E-state index contributed by atoms with van der Waals surface area (Å²) in [4.78, 5) is 26.3. The second-order valence-electron chi connectivity index (χ2n) is 6.69. The van der Waals surface area contributed by atoms with E-state index in [4.69, 9.17) is 16.3 Å². The van der Waals surface area contributed by atoms with E-state index in [-0.39, 0.29) is 28.0 Å². The molecule has 0 bridgehead atoms. The van der Waals surface area contributed by atoms with Crippen molar-refractivity contribution in [2.45, 2.75) is 24.3 Å². The molecule has 0 aliphatic carbocycles. The van der Waals surface area contributed by atoms with Crippen LogP contribution < -0.4 is 0 Å². The van der Waals surface area contributed by atoms with Crippen LogP contribution in [-0.2, 0) is 21.2 Å². The number of likely N-dealkylation sites (tertiary alicyclic amines) is 1. The number of hydrogen-bond acceptors (Lipinski definition) is 5. The largest absolute Gasteiger partial charge is 0.457 e. The van der Waals surface area contributed by atoms with Crippen molar-refractivity contribution in [3.63, 3.8) is 0 Å². The van der Waals surface area contributed by atoms with Gasteiger partial charge in [0.2, 0.25) is 0 Å². The first kappa shape index (κ1) is 20.4. The van der Waals surface area contributed by atoms with E-state index in [2.05, 4.69) is 0 Å². The Labute approximate surface area is 169 Å². The Morgan fingerprint density at radius 3 is 2.25 bits per heavy atom. The lowest BCUT2D eigenvalue weighted by Crippen LogP contribution is -2.27. The van der Waals surface area contributed by atoms with Gasteiger partial charge in [0.25, 0.3) is 5.91 Å².